The number of nitrogens with zero attached hydrogens (tertiary/aromatic N) is 1. The Balaban J connectivity index is 3.59. The minimum atomic E-state index is -0.132. The molecule has 0 aromatic heterocycles. The van der Waals surface area contributed by atoms with Gasteiger partial charge in [-0.05, 0) is 40.7 Å². The van der Waals surface area contributed by atoms with E-state index < -0.39 is 0 Å². The van der Waals surface area contributed by atoms with Gasteiger partial charge in [-0.1, -0.05) is 0 Å². The first-order valence-corrected chi connectivity index (χ1v) is 6.32. The molecule has 5 nitrogen and oxygen atoms in total. The maximum Gasteiger partial charge on any atom is 0.315 e. The zero-order valence-corrected chi connectivity index (χ0v) is 11.5. The molecule has 0 saturated carbocycles. The number of carbonyl (C=O) groups is 1. The first kappa shape index (κ1) is 16.2. The molecule has 3 N–H and O–H groups in total. The molecule has 1 atom stereocenters. The summed E-state index contributed by atoms with van der Waals surface area (Å²) in [5.74, 6) is 0. The highest BCUT2D eigenvalue weighted by atomic mass is 16.3. The number of hydrogen-bond acceptors (Lipinski definition) is 3. The molecule has 0 aliphatic carbocycles. The van der Waals surface area contributed by atoms with E-state index in [-0.39, 0.29) is 18.7 Å². The molecular weight excluding hydrogens is 218 g/mol. The lowest BCUT2D eigenvalue weighted by Gasteiger charge is -2.21. The van der Waals surface area contributed by atoms with Crippen molar-refractivity contribution >= 4 is 6.03 Å². The summed E-state index contributed by atoms with van der Waals surface area (Å²) in [5.41, 5.74) is 0. The third kappa shape index (κ3) is 8.94. The molecule has 1 unspecified atom stereocenters. The molecule has 0 aliphatic rings. The molecule has 0 spiro atoms. The highest BCUT2D eigenvalue weighted by Crippen LogP contribution is 1.94. The van der Waals surface area contributed by atoms with Crippen molar-refractivity contribution in [3.05, 3.63) is 0 Å². The van der Waals surface area contributed by atoms with Crippen molar-refractivity contribution in [3.8, 4) is 0 Å². The van der Waals surface area contributed by atoms with E-state index in [2.05, 4.69) is 29.4 Å². The predicted octanol–water partition coefficient (Wildman–Crippen LogP) is 0.787. The topological polar surface area (TPSA) is 64.6 Å². The van der Waals surface area contributed by atoms with Crippen molar-refractivity contribution in [3.63, 3.8) is 0 Å². The van der Waals surface area contributed by atoms with Gasteiger partial charge in [0.25, 0.3) is 0 Å². The molecule has 17 heavy (non-hydrogen) atoms. The van der Waals surface area contributed by atoms with Crippen molar-refractivity contribution in [1.82, 2.24) is 15.5 Å². The van der Waals surface area contributed by atoms with Crippen molar-refractivity contribution in [2.45, 2.75) is 45.7 Å². The number of rotatable bonds is 8. The fraction of sp³-hybridized carbons (Fsp3) is 0.917. The third-order valence-electron chi connectivity index (χ3n) is 2.80. The maximum atomic E-state index is 11.5. The van der Waals surface area contributed by atoms with Crippen LogP contribution in [0.3, 0.4) is 0 Å². The maximum absolute atomic E-state index is 11.5. The van der Waals surface area contributed by atoms with Crippen LogP contribution in [0.15, 0.2) is 0 Å². The second kappa shape index (κ2) is 9.24. The highest BCUT2D eigenvalue weighted by Gasteiger charge is 2.07. The molecule has 0 bridgehead atoms. The summed E-state index contributed by atoms with van der Waals surface area (Å²) in [5, 5.41) is 14.3. The van der Waals surface area contributed by atoms with E-state index >= 15 is 0 Å². The SMILES string of the molecule is CC(CCCO)NC(=O)NCCN(C)C(C)C. The number of amides is 2. The minimum absolute atomic E-state index is 0.102. The molecule has 102 valence electrons. The Bertz CT molecular complexity index is 210. The van der Waals surface area contributed by atoms with Gasteiger partial charge in [0.05, 0.1) is 0 Å². The molecule has 5 heteroatoms. The Hall–Kier alpha value is -0.810. The van der Waals surface area contributed by atoms with E-state index in [1.807, 2.05) is 14.0 Å². The van der Waals surface area contributed by atoms with Crippen LogP contribution >= 0.6 is 0 Å². The second-order valence-electron chi connectivity index (χ2n) is 4.74. The Morgan fingerprint density at radius 2 is 2.00 bits per heavy atom. The summed E-state index contributed by atoms with van der Waals surface area (Å²) in [6.45, 7) is 7.85. The molecule has 0 rings (SSSR count). The first-order chi connectivity index (χ1) is 7.97. The quantitative estimate of drug-likeness (QED) is 0.592. The van der Waals surface area contributed by atoms with Gasteiger partial charge in [0.1, 0.15) is 0 Å². The number of aliphatic hydroxyl groups excluding tert-OH is 1. The summed E-state index contributed by atoms with van der Waals surface area (Å²) < 4.78 is 0. The van der Waals surface area contributed by atoms with Gasteiger partial charge in [-0.2, -0.15) is 0 Å². The number of urea groups is 1. The average Bonchev–Trinajstić information content (AvgIpc) is 2.25. The number of carbonyl (C=O) groups excluding carboxylic acids is 1. The Labute approximate surface area is 105 Å². The molecular formula is C12H27N3O2. The van der Waals surface area contributed by atoms with Gasteiger partial charge in [0.15, 0.2) is 0 Å². The van der Waals surface area contributed by atoms with E-state index in [9.17, 15) is 4.79 Å². The minimum Gasteiger partial charge on any atom is -0.396 e. The third-order valence-corrected chi connectivity index (χ3v) is 2.80. The Morgan fingerprint density at radius 1 is 1.35 bits per heavy atom. The zero-order chi connectivity index (χ0) is 13.3. The Morgan fingerprint density at radius 3 is 2.53 bits per heavy atom. The zero-order valence-electron chi connectivity index (χ0n) is 11.5. The molecule has 0 aromatic rings. The molecule has 0 fully saturated rings. The lowest BCUT2D eigenvalue weighted by atomic mass is 10.2. The van der Waals surface area contributed by atoms with Crippen LogP contribution in [0, 0.1) is 0 Å². The Kier molecular flexibility index (Phi) is 8.80. The van der Waals surface area contributed by atoms with Gasteiger partial charge in [-0.15, -0.1) is 0 Å². The normalized spacial score (nSPS) is 12.9. The fourth-order valence-electron chi connectivity index (χ4n) is 1.35. The first-order valence-electron chi connectivity index (χ1n) is 6.32. The van der Waals surface area contributed by atoms with E-state index in [1.165, 1.54) is 0 Å². The molecule has 0 aliphatic heterocycles. The van der Waals surface area contributed by atoms with Crippen LogP contribution < -0.4 is 10.6 Å². The molecule has 0 heterocycles. The summed E-state index contributed by atoms with van der Waals surface area (Å²) in [7, 11) is 2.04. The van der Waals surface area contributed by atoms with Crippen LogP contribution in [0.25, 0.3) is 0 Å². The monoisotopic (exact) mass is 245 g/mol. The number of nitrogens with one attached hydrogen (secondary N) is 2. The lowest BCUT2D eigenvalue weighted by molar-refractivity contribution is 0.229. The van der Waals surface area contributed by atoms with E-state index in [0.717, 1.165) is 19.4 Å². The lowest BCUT2D eigenvalue weighted by Crippen LogP contribution is -2.44. The standard InChI is InChI=1S/C12H27N3O2/c1-10(2)15(4)8-7-13-12(17)14-11(3)6-5-9-16/h10-11,16H,5-9H2,1-4H3,(H2,13,14,17). The summed E-state index contributed by atoms with van der Waals surface area (Å²) in [4.78, 5) is 13.6. The van der Waals surface area contributed by atoms with Gasteiger partial charge in [-0.3, -0.25) is 0 Å². The molecule has 0 radical (unpaired) electrons. The fourth-order valence-corrected chi connectivity index (χ4v) is 1.35. The van der Waals surface area contributed by atoms with Crippen LogP contribution in [0.2, 0.25) is 0 Å². The van der Waals surface area contributed by atoms with Crippen LogP contribution in [-0.2, 0) is 0 Å². The van der Waals surface area contributed by atoms with Crippen molar-refractivity contribution in [1.29, 1.82) is 0 Å². The summed E-state index contributed by atoms with van der Waals surface area (Å²) >= 11 is 0. The predicted molar refractivity (Wildman–Crippen MR) is 70.1 cm³/mol. The van der Waals surface area contributed by atoms with Gasteiger partial charge in [0.2, 0.25) is 0 Å². The molecule has 0 saturated heterocycles. The molecule has 0 aromatic carbocycles. The van der Waals surface area contributed by atoms with Crippen molar-refractivity contribution < 1.29 is 9.90 Å². The van der Waals surface area contributed by atoms with Gasteiger partial charge < -0.3 is 20.6 Å². The van der Waals surface area contributed by atoms with E-state index in [4.69, 9.17) is 5.11 Å². The van der Waals surface area contributed by atoms with Crippen LogP contribution in [-0.4, -0.2) is 54.9 Å². The number of aliphatic hydroxyl groups is 1. The van der Waals surface area contributed by atoms with Crippen LogP contribution in [0.1, 0.15) is 33.6 Å². The van der Waals surface area contributed by atoms with Crippen molar-refractivity contribution in [2.75, 3.05) is 26.7 Å². The summed E-state index contributed by atoms with van der Waals surface area (Å²) in [6, 6.07) is 0.459. The molecule has 2 amide bonds. The summed E-state index contributed by atoms with van der Waals surface area (Å²) in [6.07, 6.45) is 1.52. The number of likely N-dealkylation sites (N-methyl/N-ethyl adjacent to an activating group) is 1. The van der Waals surface area contributed by atoms with Crippen LogP contribution in [0.4, 0.5) is 4.79 Å². The van der Waals surface area contributed by atoms with Gasteiger partial charge >= 0.3 is 6.03 Å². The largest absolute Gasteiger partial charge is 0.396 e. The average molecular weight is 245 g/mol. The smallest absolute Gasteiger partial charge is 0.315 e. The number of hydrogen-bond donors (Lipinski definition) is 3. The van der Waals surface area contributed by atoms with E-state index in [0.29, 0.717) is 12.6 Å². The highest BCUT2D eigenvalue weighted by molar-refractivity contribution is 5.74. The van der Waals surface area contributed by atoms with E-state index in [1.54, 1.807) is 0 Å². The van der Waals surface area contributed by atoms with Gasteiger partial charge in [-0.25, -0.2) is 4.79 Å². The second-order valence-corrected chi connectivity index (χ2v) is 4.74. The van der Waals surface area contributed by atoms with Crippen LogP contribution in [0.5, 0.6) is 0 Å². The van der Waals surface area contributed by atoms with Crippen molar-refractivity contribution in [2.24, 2.45) is 0 Å². The van der Waals surface area contributed by atoms with Gasteiger partial charge in [0, 0.05) is 31.8 Å².